The normalized spacial score (nSPS) is 10.1. The van der Waals surface area contributed by atoms with Crippen LogP contribution >= 0.6 is 11.8 Å². The highest BCUT2D eigenvalue weighted by Crippen LogP contribution is 2.28. The van der Waals surface area contributed by atoms with Crippen molar-refractivity contribution in [1.29, 1.82) is 0 Å². The minimum absolute atomic E-state index is 0.208. The van der Waals surface area contributed by atoms with Crippen molar-refractivity contribution in [3.63, 3.8) is 0 Å². The van der Waals surface area contributed by atoms with Crippen molar-refractivity contribution in [1.82, 2.24) is 0 Å². The molecule has 5 heteroatoms. The first-order chi connectivity index (χ1) is 9.06. The molecule has 0 fully saturated rings. The van der Waals surface area contributed by atoms with Crippen LogP contribution in [0.15, 0.2) is 58.3 Å². The Morgan fingerprint density at radius 1 is 0.789 bits per heavy atom. The fourth-order valence-electron chi connectivity index (χ4n) is 1.52. The van der Waals surface area contributed by atoms with E-state index in [1.54, 1.807) is 36.4 Å². The van der Waals surface area contributed by atoms with Gasteiger partial charge in [0.2, 0.25) is 0 Å². The largest absolute Gasteiger partial charge is 0.478 e. The van der Waals surface area contributed by atoms with E-state index in [1.807, 2.05) is 0 Å². The average molecular weight is 274 g/mol. The SMILES string of the molecule is O=C(O)c1cccc(Sc2cccc(C(=O)O)c2)c1. The van der Waals surface area contributed by atoms with Crippen LogP contribution in [-0.4, -0.2) is 22.2 Å². The van der Waals surface area contributed by atoms with Crippen LogP contribution < -0.4 is 0 Å². The summed E-state index contributed by atoms with van der Waals surface area (Å²) >= 11 is 1.32. The Bertz CT molecular complexity index is 581. The predicted molar refractivity (Wildman–Crippen MR) is 70.9 cm³/mol. The topological polar surface area (TPSA) is 74.6 Å². The van der Waals surface area contributed by atoms with E-state index in [4.69, 9.17) is 10.2 Å². The molecule has 96 valence electrons. The second kappa shape index (κ2) is 5.58. The number of aromatic carboxylic acids is 2. The predicted octanol–water partition coefficient (Wildman–Crippen LogP) is 3.23. The Hall–Kier alpha value is -2.27. The minimum atomic E-state index is -0.985. The molecule has 0 amide bonds. The molecule has 0 aliphatic heterocycles. The van der Waals surface area contributed by atoms with Crippen molar-refractivity contribution in [2.45, 2.75) is 9.79 Å². The molecule has 2 rings (SSSR count). The zero-order valence-electron chi connectivity index (χ0n) is 9.74. The number of carboxylic acids is 2. The summed E-state index contributed by atoms with van der Waals surface area (Å²) in [5, 5.41) is 17.8. The summed E-state index contributed by atoms with van der Waals surface area (Å²) in [6.45, 7) is 0. The Balaban J connectivity index is 2.26. The van der Waals surface area contributed by atoms with Gasteiger partial charge >= 0.3 is 11.9 Å². The molecule has 0 aliphatic carbocycles. The maximum Gasteiger partial charge on any atom is 0.335 e. The number of rotatable bonds is 4. The third kappa shape index (κ3) is 3.35. The van der Waals surface area contributed by atoms with E-state index in [0.29, 0.717) is 0 Å². The van der Waals surface area contributed by atoms with Gasteiger partial charge in [-0.2, -0.15) is 0 Å². The third-order valence-corrected chi connectivity index (χ3v) is 3.38. The Labute approximate surface area is 113 Å². The number of hydrogen-bond donors (Lipinski definition) is 2. The molecule has 0 aromatic heterocycles. The fraction of sp³-hybridized carbons (Fsp3) is 0. The molecule has 2 aromatic carbocycles. The van der Waals surface area contributed by atoms with Gasteiger partial charge in [0.1, 0.15) is 0 Å². The molecule has 0 atom stereocenters. The first-order valence-electron chi connectivity index (χ1n) is 5.41. The zero-order chi connectivity index (χ0) is 13.8. The van der Waals surface area contributed by atoms with E-state index >= 15 is 0 Å². The van der Waals surface area contributed by atoms with E-state index < -0.39 is 11.9 Å². The van der Waals surface area contributed by atoms with Gasteiger partial charge in [-0.25, -0.2) is 9.59 Å². The maximum atomic E-state index is 10.9. The van der Waals surface area contributed by atoms with Gasteiger partial charge in [0.15, 0.2) is 0 Å². The van der Waals surface area contributed by atoms with E-state index in [9.17, 15) is 9.59 Å². The first-order valence-corrected chi connectivity index (χ1v) is 6.22. The standard InChI is InChI=1S/C14H10O4S/c15-13(16)9-3-1-5-11(7-9)19-12-6-2-4-10(8-12)14(17)18/h1-8H,(H,15,16)(H,17,18). The molecule has 2 N–H and O–H groups in total. The lowest BCUT2D eigenvalue weighted by atomic mass is 10.2. The van der Waals surface area contributed by atoms with E-state index in [-0.39, 0.29) is 11.1 Å². The van der Waals surface area contributed by atoms with Gasteiger partial charge in [0, 0.05) is 9.79 Å². The molecule has 0 spiro atoms. The van der Waals surface area contributed by atoms with E-state index in [0.717, 1.165) is 9.79 Å². The smallest absolute Gasteiger partial charge is 0.335 e. The fourth-order valence-corrected chi connectivity index (χ4v) is 2.46. The number of carbonyl (C=O) groups is 2. The van der Waals surface area contributed by atoms with E-state index in [1.165, 1.54) is 23.9 Å². The van der Waals surface area contributed by atoms with Crippen LogP contribution in [0.25, 0.3) is 0 Å². The summed E-state index contributed by atoms with van der Waals surface area (Å²) in [5.74, 6) is -1.97. The molecule has 0 heterocycles. The van der Waals surface area contributed by atoms with Gasteiger partial charge in [0.25, 0.3) is 0 Å². The van der Waals surface area contributed by atoms with Crippen LogP contribution in [-0.2, 0) is 0 Å². The zero-order valence-corrected chi connectivity index (χ0v) is 10.6. The number of hydrogen-bond acceptors (Lipinski definition) is 3. The van der Waals surface area contributed by atoms with Crippen molar-refractivity contribution in [3.05, 3.63) is 59.7 Å². The van der Waals surface area contributed by atoms with Crippen molar-refractivity contribution in [2.24, 2.45) is 0 Å². The Kier molecular flexibility index (Phi) is 3.87. The molecular weight excluding hydrogens is 264 g/mol. The molecule has 0 unspecified atom stereocenters. The molecule has 4 nitrogen and oxygen atoms in total. The minimum Gasteiger partial charge on any atom is -0.478 e. The maximum absolute atomic E-state index is 10.9. The van der Waals surface area contributed by atoms with Crippen LogP contribution in [0.4, 0.5) is 0 Å². The highest BCUT2D eigenvalue weighted by molar-refractivity contribution is 7.99. The van der Waals surface area contributed by atoms with Gasteiger partial charge in [0.05, 0.1) is 11.1 Å². The van der Waals surface area contributed by atoms with Crippen LogP contribution in [0.1, 0.15) is 20.7 Å². The molecule has 0 aliphatic rings. The summed E-state index contributed by atoms with van der Waals surface area (Å²) in [6.07, 6.45) is 0. The van der Waals surface area contributed by atoms with Gasteiger partial charge in [-0.1, -0.05) is 23.9 Å². The van der Waals surface area contributed by atoms with Crippen molar-refractivity contribution >= 4 is 23.7 Å². The number of benzene rings is 2. The summed E-state index contributed by atoms with van der Waals surface area (Å²) < 4.78 is 0. The van der Waals surface area contributed by atoms with Crippen LogP contribution in [0.3, 0.4) is 0 Å². The Morgan fingerprint density at radius 3 is 1.58 bits per heavy atom. The van der Waals surface area contributed by atoms with Crippen molar-refractivity contribution in [2.75, 3.05) is 0 Å². The molecule has 0 bridgehead atoms. The van der Waals surface area contributed by atoms with Gasteiger partial charge in [-0.3, -0.25) is 0 Å². The monoisotopic (exact) mass is 274 g/mol. The Morgan fingerprint density at radius 2 is 1.21 bits per heavy atom. The van der Waals surface area contributed by atoms with E-state index in [2.05, 4.69) is 0 Å². The van der Waals surface area contributed by atoms with Gasteiger partial charge in [-0.05, 0) is 36.4 Å². The van der Waals surface area contributed by atoms with Gasteiger partial charge in [-0.15, -0.1) is 0 Å². The summed E-state index contributed by atoms with van der Waals surface area (Å²) in [6, 6.07) is 13.0. The number of carboxylic acid groups (broad SMARTS) is 2. The molecule has 0 radical (unpaired) electrons. The lowest BCUT2D eigenvalue weighted by Crippen LogP contribution is -1.96. The summed E-state index contributed by atoms with van der Waals surface area (Å²) in [4.78, 5) is 23.2. The van der Waals surface area contributed by atoms with Crippen molar-refractivity contribution in [3.8, 4) is 0 Å². The second-order valence-corrected chi connectivity index (χ2v) is 4.91. The highest BCUT2D eigenvalue weighted by Gasteiger charge is 2.06. The molecular formula is C14H10O4S. The molecule has 19 heavy (non-hydrogen) atoms. The van der Waals surface area contributed by atoms with Crippen molar-refractivity contribution < 1.29 is 19.8 Å². The summed E-state index contributed by atoms with van der Waals surface area (Å²) in [5.41, 5.74) is 0.416. The van der Waals surface area contributed by atoms with Crippen LogP contribution in [0.5, 0.6) is 0 Å². The lowest BCUT2D eigenvalue weighted by molar-refractivity contribution is 0.0686. The van der Waals surface area contributed by atoms with Crippen LogP contribution in [0.2, 0.25) is 0 Å². The molecule has 0 saturated carbocycles. The third-order valence-electron chi connectivity index (χ3n) is 2.40. The first kappa shape index (κ1) is 13.2. The lowest BCUT2D eigenvalue weighted by Gasteiger charge is -2.04. The quantitative estimate of drug-likeness (QED) is 0.895. The summed E-state index contributed by atoms with van der Waals surface area (Å²) in [7, 11) is 0. The second-order valence-electron chi connectivity index (χ2n) is 3.77. The van der Waals surface area contributed by atoms with Crippen LogP contribution in [0, 0.1) is 0 Å². The molecule has 2 aromatic rings. The average Bonchev–Trinajstić information content (AvgIpc) is 2.39. The molecule has 0 saturated heterocycles. The van der Waals surface area contributed by atoms with Gasteiger partial charge < -0.3 is 10.2 Å². The highest BCUT2D eigenvalue weighted by atomic mass is 32.2.